The third-order valence-corrected chi connectivity index (χ3v) is 7.11. The summed E-state index contributed by atoms with van der Waals surface area (Å²) in [6.45, 7) is 1.94. The SMILES string of the molecule is CCC(Sc1cccc(NC(=O)c2cccc3cccc(C(=O)O)c23)c1)C(=O)Nc1cccc(OC)c1. The first-order chi connectivity index (χ1) is 17.9. The van der Waals surface area contributed by atoms with Crippen LogP contribution in [-0.4, -0.2) is 35.2 Å². The molecule has 4 aromatic rings. The fourth-order valence-electron chi connectivity index (χ4n) is 3.96. The highest BCUT2D eigenvalue weighted by Crippen LogP contribution is 2.30. The third kappa shape index (κ3) is 6.10. The zero-order valence-corrected chi connectivity index (χ0v) is 21.2. The molecule has 0 saturated heterocycles. The van der Waals surface area contributed by atoms with E-state index in [9.17, 15) is 19.5 Å². The first kappa shape index (κ1) is 25.8. The monoisotopic (exact) mass is 514 g/mol. The zero-order valence-electron chi connectivity index (χ0n) is 20.4. The largest absolute Gasteiger partial charge is 0.497 e. The highest BCUT2D eigenvalue weighted by Gasteiger charge is 2.20. The second-order valence-electron chi connectivity index (χ2n) is 8.23. The molecule has 0 saturated carbocycles. The number of carboxylic acids is 1. The van der Waals surface area contributed by atoms with E-state index in [-0.39, 0.29) is 22.3 Å². The Labute approximate surface area is 218 Å². The van der Waals surface area contributed by atoms with Gasteiger partial charge in [-0.25, -0.2) is 4.79 Å². The molecule has 0 radical (unpaired) electrons. The summed E-state index contributed by atoms with van der Waals surface area (Å²) in [4.78, 5) is 38.7. The standard InChI is InChI=1S/C29H26N2O5S/c1-3-25(28(33)31-19-10-6-12-21(16-19)36-2)37-22-13-7-11-20(17-22)30-27(32)23-14-4-8-18-9-5-15-24(26(18)23)29(34)35/h4-17,25H,3H2,1-2H3,(H,30,32)(H,31,33)(H,34,35). The lowest BCUT2D eigenvalue weighted by Gasteiger charge is -2.16. The van der Waals surface area contributed by atoms with Crippen molar-refractivity contribution in [1.29, 1.82) is 0 Å². The van der Waals surface area contributed by atoms with Gasteiger partial charge >= 0.3 is 5.97 Å². The Kier molecular flexibility index (Phi) is 8.10. The number of aromatic carboxylic acids is 1. The van der Waals surface area contributed by atoms with E-state index >= 15 is 0 Å². The lowest BCUT2D eigenvalue weighted by Crippen LogP contribution is -2.24. The van der Waals surface area contributed by atoms with Gasteiger partial charge in [-0.15, -0.1) is 11.8 Å². The number of methoxy groups -OCH3 is 1. The molecule has 0 aliphatic rings. The summed E-state index contributed by atoms with van der Waals surface area (Å²) in [6.07, 6.45) is 0.602. The number of nitrogens with one attached hydrogen (secondary N) is 2. The van der Waals surface area contributed by atoms with Crippen molar-refractivity contribution in [2.45, 2.75) is 23.5 Å². The number of anilines is 2. The van der Waals surface area contributed by atoms with Gasteiger partial charge in [-0.05, 0) is 54.3 Å². The molecule has 7 nitrogen and oxygen atoms in total. The molecule has 1 atom stereocenters. The Balaban J connectivity index is 1.51. The van der Waals surface area contributed by atoms with E-state index in [1.165, 1.54) is 17.8 Å². The summed E-state index contributed by atoms with van der Waals surface area (Å²) in [5.41, 5.74) is 1.54. The fourth-order valence-corrected chi connectivity index (χ4v) is 4.98. The fraction of sp³-hybridized carbons (Fsp3) is 0.138. The Bertz CT molecular complexity index is 1460. The average Bonchev–Trinajstić information content (AvgIpc) is 2.91. The molecule has 4 aromatic carbocycles. The van der Waals surface area contributed by atoms with E-state index in [1.807, 2.05) is 25.1 Å². The summed E-state index contributed by atoms with van der Waals surface area (Å²) >= 11 is 1.40. The van der Waals surface area contributed by atoms with Crippen molar-refractivity contribution in [2.24, 2.45) is 0 Å². The van der Waals surface area contributed by atoms with Crippen LogP contribution in [0.15, 0.2) is 89.8 Å². The number of hydrogen-bond acceptors (Lipinski definition) is 5. The molecule has 0 aliphatic carbocycles. The molecule has 0 fully saturated rings. The van der Waals surface area contributed by atoms with Crippen LogP contribution in [-0.2, 0) is 4.79 Å². The minimum atomic E-state index is -1.10. The molecule has 37 heavy (non-hydrogen) atoms. The number of carbonyl (C=O) groups is 3. The number of hydrogen-bond donors (Lipinski definition) is 3. The molecule has 8 heteroatoms. The number of carbonyl (C=O) groups excluding carboxylic acids is 2. The number of thioether (sulfide) groups is 1. The van der Waals surface area contributed by atoms with Crippen molar-refractivity contribution in [3.8, 4) is 5.75 Å². The van der Waals surface area contributed by atoms with Crippen LogP contribution in [0, 0.1) is 0 Å². The smallest absolute Gasteiger partial charge is 0.336 e. The van der Waals surface area contributed by atoms with Crippen LogP contribution in [0.3, 0.4) is 0 Å². The number of fused-ring (bicyclic) bond motifs is 1. The van der Waals surface area contributed by atoms with Crippen molar-refractivity contribution in [2.75, 3.05) is 17.7 Å². The lowest BCUT2D eigenvalue weighted by atomic mass is 9.98. The first-order valence-corrected chi connectivity index (χ1v) is 12.6. The highest BCUT2D eigenvalue weighted by atomic mass is 32.2. The number of amides is 2. The zero-order chi connectivity index (χ0) is 26.4. The molecule has 0 bridgehead atoms. The van der Waals surface area contributed by atoms with Crippen LogP contribution < -0.4 is 15.4 Å². The van der Waals surface area contributed by atoms with Crippen LogP contribution in [0.2, 0.25) is 0 Å². The van der Waals surface area contributed by atoms with Gasteiger partial charge < -0.3 is 20.5 Å². The average molecular weight is 515 g/mol. The van der Waals surface area contributed by atoms with Gasteiger partial charge in [-0.2, -0.15) is 0 Å². The molecule has 3 N–H and O–H groups in total. The number of benzene rings is 4. The van der Waals surface area contributed by atoms with Crippen molar-refractivity contribution in [3.05, 3.63) is 96.1 Å². The van der Waals surface area contributed by atoms with Crippen molar-refractivity contribution in [3.63, 3.8) is 0 Å². The van der Waals surface area contributed by atoms with Crippen LogP contribution in [0.25, 0.3) is 10.8 Å². The van der Waals surface area contributed by atoms with Crippen molar-refractivity contribution in [1.82, 2.24) is 0 Å². The number of carboxylic acid groups (broad SMARTS) is 1. The first-order valence-electron chi connectivity index (χ1n) is 11.7. The Morgan fingerprint density at radius 3 is 2.19 bits per heavy atom. The third-order valence-electron chi connectivity index (χ3n) is 5.75. The van der Waals surface area contributed by atoms with E-state index in [1.54, 1.807) is 67.8 Å². The summed E-state index contributed by atoms with van der Waals surface area (Å²) < 4.78 is 5.22. The summed E-state index contributed by atoms with van der Waals surface area (Å²) in [6, 6.07) is 24.4. The van der Waals surface area contributed by atoms with Gasteiger partial charge in [-0.3, -0.25) is 9.59 Å². The van der Waals surface area contributed by atoms with Crippen LogP contribution in [0.1, 0.15) is 34.1 Å². The minimum Gasteiger partial charge on any atom is -0.497 e. The highest BCUT2D eigenvalue weighted by molar-refractivity contribution is 8.00. The molecule has 0 heterocycles. The molecular formula is C29H26N2O5S. The maximum atomic E-state index is 13.2. The molecular weight excluding hydrogens is 488 g/mol. The Morgan fingerprint density at radius 1 is 0.865 bits per heavy atom. The van der Waals surface area contributed by atoms with Crippen molar-refractivity contribution < 1.29 is 24.2 Å². The van der Waals surface area contributed by atoms with Gasteiger partial charge in [0.15, 0.2) is 0 Å². The van der Waals surface area contributed by atoms with Crippen LogP contribution in [0.5, 0.6) is 5.75 Å². The van der Waals surface area contributed by atoms with Crippen LogP contribution in [0.4, 0.5) is 11.4 Å². The molecule has 1 unspecified atom stereocenters. The maximum absolute atomic E-state index is 13.2. The molecule has 0 spiro atoms. The predicted molar refractivity (Wildman–Crippen MR) is 147 cm³/mol. The minimum absolute atomic E-state index is 0.0698. The molecule has 4 rings (SSSR count). The second-order valence-corrected chi connectivity index (χ2v) is 9.51. The molecule has 0 aromatic heterocycles. The topological polar surface area (TPSA) is 105 Å². The Hall–Kier alpha value is -4.30. The lowest BCUT2D eigenvalue weighted by molar-refractivity contribution is -0.115. The van der Waals surface area contributed by atoms with Gasteiger partial charge in [0.05, 0.1) is 17.9 Å². The normalized spacial score (nSPS) is 11.5. The maximum Gasteiger partial charge on any atom is 0.336 e. The van der Waals surface area contributed by atoms with Crippen molar-refractivity contribution >= 4 is 51.7 Å². The van der Waals surface area contributed by atoms with Gasteiger partial charge in [0.25, 0.3) is 5.91 Å². The van der Waals surface area contributed by atoms with E-state index in [0.717, 1.165) is 4.90 Å². The molecule has 2 amide bonds. The van der Waals surface area contributed by atoms with Gasteiger partial charge in [0, 0.05) is 33.3 Å². The number of ether oxygens (including phenoxy) is 1. The van der Waals surface area contributed by atoms with Gasteiger partial charge in [0.2, 0.25) is 5.91 Å². The van der Waals surface area contributed by atoms with Gasteiger partial charge in [0.1, 0.15) is 5.75 Å². The second kappa shape index (κ2) is 11.6. The van der Waals surface area contributed by atoms with Gasteiger partial charge in [-0.1, -0.05) is 43.3 Å². The van der Waals surface area contributed by atoms with E-state index < -0.39 is 11.9 Å². The summed E-state index contributed by atoms with van der Waals surface area (Å²) in [5.74, 6) is -0.984. The quantitative estimate of drug-likeness (QED) is 0.226. The van der Waals surface area contributed by atoms with E-state index in [0.29, 0.717) is 34.3 Å². The van der Waals surface area contributed by atoms with E-state index in [2.05, 4.69) is 10.6 Å². The van der Waals surface area contributed by atoms with Crippen LogP contribution >= 0.6 is 11.8 Å². The molecule has 188 valence electrons. The van der Waals surface area contributed by atoms with E-state index in [4.69, 9.17) is 4.74 Å². The Morgan fingerprint density at radius 2 is 1.51 bits per heavy atom. The predicted octanol–water partition coefficient (Wildman–Crippen LogP) is 6.31. The molecule has 0 aliphatic heterocycles. The summed E-state index contributed by atoms with van der Waals surface area (Å²) in [7, 11) is 1.57. The summed E-state index contributed by atoms with van der Waals surface area (Å²) in [5, 5.41) is 16.1. The number of rotatable bonds is 9.